The number of alkyl carbamates (subject to hydrolysis) is 1. The van der Waals surface area contributed by atoms with Crippen LogP contribution in [-0.4, -0.2) is 40.7 Å². The van der Waals surface area contributed by atoms with E-state index in [-0.39, 0.29) is 11.7 Å². The monoisotopic (exact) mass is 383 g/mol. The highest BCUT2D eigenvalue weighted by molar-refractivity contribution is 5.88. The number of nitrogens with zero attached hydrogens (tertiary/aromatic N) is 4. The third-order valence-electron chi connectivity index (χ3n) is 4.34. The average molecular weight is 383 g/mol. The Kier molecular flexibility index (Phi) is 5.05. The summed E-state index contributed by atoms with van der Waals surface area (Å²) < 4.78 is 5.28. The number of carbonyl (C=O) groups excluding carboxylic acids is 1. The lowest BCUT2D eigenvalue weighted by Crippen LogP contribution is -2.40. The number of anilines is 1. The summed E-state index contributed by atoms with van der Waals surface area (Å²) in [4.78, 5) is 29.0. The number of rotatable bonds is 3. The van der Waals surface area contributed by atoms with Gasteiger partial charge in [-0.3, -0.25) is 10.1 Å². The second-order valence-corrected chi connectivity index (χ2v) is 7.68. The first kappa shape index (κ1) is 19.4. The number of aromatic nitrogens is 1. The Bertz CT molecular complexity index is 977. The number of nitriles is 1. The molecule has 0 aliphatic carbocycles. The first-order valence-corrected chi connectivity index (χ1v) is 8.90. The van der Waals surface area contributed by atoms with Gasteiger partial charge in [-0.15, -0.1) is 0 Å². The van der Waals surface area contributed by atoms with Gasteiger partial charge >= 0.3 is 6.09 Å². The SMILES string of the molecule is CC(C)(C)OC(=O)NC1CCN(c2cc(C#N)c3cc([N+](=O)[O-])ccc3n2)C1. The summed E-state index contributed by atoms with van der Waals surface area (Å²) in [6.45, 7) is 6.62. The Morgan fingerprint density at radius 3 is 2.82 bits per heavy atom. The summed E-state index contributed by atoms with van der Waals surface area (Å²) >= 11 is 0. The van der Waals surface area contributed by atoms with Gasteiger partial charge < -0.3 is 15.0 Å². The van der Waals surface area contributed by atoms with Crippen molar-refractivity contribution >= 4 is 28.5 Å². The third-order valence-corrected chi connectivity index (χ3v) is 4.34. The van der Waals surface area contributed by atoms with Crippen LogP contribution in [0.5, 0.6) is 0 Å². The predicted molar refractivity (Wildman–Crippen MR) is 103 cm³/mol. The molecule has 0 spiro atoms. The van der Waals surface area contributed by atoms with Crippen LogP contribution in [0.4, 0.5) is 16.3 Å². The summed E-state index contributed by atoms with van der Waals surface area (Å²) in [6.07, 6.45) is 0.261. The highest BCUT2D eigenvalue weighted by Crippen LogP contribution is 2.28. The van der Waals surface area contributed by atoms with E-state index in [9.17, 15) is 20.2 Å². The lowest BCUT2D eigenvalue weighted by molar-refractivity contribution is -0.384. The van der Waals surface area contributed by atoms with E-state index in [0.29, 0.717) is 35.4 Å². The Morgan fingerprint density at radius 1 is 1.43 bits per heavy atom. The number of ether oxygens (including phenoxy) is 1. The minimum Gasteiger partial charge on any atom is -0.444 e. The molecule has 1 fully saturated rings. The van der Waals surface area contributed by atoms with Crippen LogP contribution in [0.15, 0.2) is 24.3 Å². The van der Waals surface area contributed by atoms with Gasteiger partial charge in [-0.05, 0) is 39.3 Å². The van der Waals surface area contributed by atoms with E-state index in [1.807, 2.05) is 4.90 Å². The van der Waals surface area contributed by atoms with Crippen molar-refractivity contribution in [2.24, 2.45) is 0 Å². The van der Waals surface area contributed by atoms with Gasteiger partial charge in [0.25, 0.3) is 5.69 Å². The van der Waals surface area contributed by atoms with Crippen LogP contribution >= 0.6 is 0 Å². The number of amides is 1. The average Bonchev–Trinajstić information content (AvgIpc) is 3.06. The molecule has 2 heterocycles. The van der Waals surface area contributed by atoms with Crippen molar-refractivity contribution in [2.45, 2.75) is 38.8 Å². The first-order chi connectivity index (χ1) is 13.2. The number of benzene rings is 1. The van der Waals surface area contributed by atoms with E-state index < -0.39 is 16.6 Å². The van der Waals surface area contributed by atoms with E-state index in [4.69, 9.17) is 4.74 Å². The van der Waals surface area contributed by atoms with E-state index in [1.54, 1.807) is 32.9 Å². The largest absolute Gasteiger partial charge is 0.444 e. The second kappa shape index (κ2) is 7.31. The lowest BCUT2D eigenvalue weighted by atomic mass is 10.1. The lowest BCUT2D eigenvalue weighted by Gasteiger charge is -2.22. The molecule has 9 heteroatoms. The number of nitro benzene ring substituents is 1. The van der Waals surface area contributed by atoms with Crippen molar-refractivity contribution in [2.75, 3.05) is 18.0 Å². The molecule has 1 amide bonds. The van der Waals surface area contributed by atoms with Crippen LogP contribution in [-0.2, 0) is 4.74 Å². The van der Waals surface area contributed by atoms with E-state index in [2.05, 4.69) is 16.4 Å². The molecule has 2 aromatic rings. The van der Waals surface area contributed by atoms with Gasteiger partial charge in [0, 0.05) is 30.6 Å². The highest BCUT2D eigenvalue weighted by atomic mass is 16.6. The molecule has 1 aliphatic heterocycles. The number of nitrogens with one attached hydrogen (secondary N) is 1. The molecule has 0 saturated carbocycles. The molecular weight excluding hydrogens is 362 g/mol. The zero-order valence-electron chi connectivity index (χ0n) is 15.9. The zero-order chi connectivity index (χ0) is 20.5. The van der Waals surface area contributed by atoms with Crippen molar-refractivity contribution in [3.05, 3.63) is 39.9 Å². The minimum absolute atomic E-state index is 0.0821. The van der Waals surface area contributed by atoms with Crippen LogP contribution in [0.25, 0.3) is 10.9 Å². The second-order valence-electron chi connectivity index (χ2n) is 7.68. The third kappa shape index (κ3) is 4.28. The molecule has 1 aromatic heterocycles. The normalized spacial score (nSPS) is 16.6. The van der Waals surface area contributed by atoms with Gasteiger partial charge in [0.2, 0.25) is 0 Å². The Labute approximate surface area is 162 Å². The Hall–Kier alpha value is -3.41. The molecule has 0 radical (unpaired) electrons. The molecule has 1 unspecified atom stereocenters. The van der Waals surface area contributed by atoms with Crippen LogP contribution < -0.4 is 10.2 Å². The summed E-state index contributed by atoms with van der Waals surface area (Å²) in [5.74, 6) is 0.603. The zero-order valence-corrected chi connectivity index (χ0v) is 15.9. The fraction of sp³-hybridized carbons (Fsp3) is 0.421. The summed E-state index contributed by atoms with van der Waals surface area (Å²) in [7, 11) is 0. The van der Waals surface area contributed by atoms with Crippen molar-refractivity contribution in [3.63, 3.8) is 0 Å². The number of hydrogen-bond acceptors (Lipinski definition) is 7. The van der Waals surface area contributed by atoms with Crippen LogP contribution in [0.2, 0.25) is 0 Å². The molecule has 146 valence electrons. The molecule has 28 heavy (non-hydrogen) atoms. The smallest absolute Gasteiger partial charge is 0.407 e. The quantitative estimate of drug-likeness (QED) is 0.638. The van der Waals surface area contributed by atoms with Gasteiger partial charge in [0.05, 0.1) is 28.1 Å². The van der Waals surface area contributed by atoms with E-state index in [1.165, 1.54) is 12.1 Å². The van der Waals surface area contributed by atoms with Gasteiger partial charge in [-0.25, -0.2) is 9.78 Å². The molecule has 1 atom stereocenters. The molecule has 1 aliphatic rings. The Morgan fingerprint density at radius 2 is 2.18 bits per heavy atom. The minimum atomic E-state index is -0.563. The van der Waals surface area contributed by atoms with Crippen molar-refractivity contribution in [1.29, 1.82) is 5.26 Å². The Balaban J connectivity index is 1.79. The standard InChI is InChI=1S/C19H21N5O4/c1-19(2,3)28-18(25)21-13-6-7-23(11-13)17-8-12(10-20)15-9-14(24(26)27)4-5-16(15)22-17/h4-5,8-9,13H,6-7,11H2,1-3H3,(H,21,25). The number of carbonyl (C=O) groups is 1. The molecule has 1 N–H and O–H groups in total. The maximum absolute atomic E-state index is 12.0. The number of fused-ring (bicyclic) bond motifs is 1. The molecule has 3 rings (SSSR count). The molecular formula is C19H21N5O4. The number of pyridine rings is 1. The number of non-ortho nitro benzene ring substituents is 1. The maximum Gasteiger partial charge on any atom is 0.407 e. The number of nitro groups is 1. The van der Waals surface area contributed by atoms with Gasteiger partial charge in [0.1, 0.15) is 11.4 Å². The highest BCUT2D eigenvalue weighted by Gasteiger charge is 2.27. The predicted octanol–water partition coefficient (Wildman–Crippen LogP) is 3.12. The summed E-state index contributed by atoms with van der Waals surface area (Å²) in [5.41, 5.74) is 0.198. The molecule has 1 saturated heterocycles. The summed E-state index contributed by atoms with van der Waals surface area (Å²) in [6, 6.07) is 7.91. The van der Waals surface area contributed by atoms with Gasteiger partial charge in [-0.1, -0.05) is 0 Å². The topological polar surface area (TPSA) is 121 Å². The van der Waals surface area contributed by atoms with Gasteiger partial charge in [0.15, 0.2) is 0 Å². The van der Waals surface area contributed by atoms with Crippen LogP contribution in [0.3, 0.4) is 0 Å². The molecule has 9 nitrogen and oxygen atoms in total. The van der Waals surface area contributed by atoms with E-state index in [0.717, 1.165) is 6.42 Å². The fourth-order valence-electron chi connectivity index (χ4n) is 3.13. The van der Waals surface area contributed by atoms with Crippen LogP contribution in [0.1, 0.15) is 32.8 Å². The number of hydrogen-bond donors (Lipinski definition) is 1. The fourth-order valence-corrected chi connectivity index (χ4v) is 3.13. The van der Waals surface area contributed by atoms with Crippen LogP contribution in [0, 0.1) is 21.4 Å². The maximum atomic E-state index is 12.0. The van der Waals surface area contributed by atoms with Crippen molar-refractivity contribution in [3.8, 4) is 6.07 Å². The summed E-state index contributed by atoms with van der Waals surface area (Å²) in [5, 5.41) is 23.7. The molecule has 0 bridgehead atoms. The van der Waals surface area contributed by atoms with Gasteiger partial charge in [-0.2, -0.15) is 5.26 Å². The molecule has 1 aromatic carbocycles. The van der Waals surface area contributed by atoms with Crippen molar-refractivity contribution in [1.82, 2.24) is 10.3 Å². The van der Waals surface area contributed by atoms with Crippen molar-refractivity contribution < 1.29 is 14.5 Å². The van der Waals surface area contributed by atoms with E-state index >= 15 is 0 Å². The first-order valence-electron chi connectivity index (χ1n) is 8.90.